The van der Waals surface area contributed by atoms with Gasteiger partial charge in [-0.05, 0) is 56.5 Å². The number of anilines is 3. The van der Waals surface area contributed by atoms with Crippen LogP contribution in [-0.2, 0) is 10.2 Å². The van der Waals surface area contributed by atoms with Gasteiger partial charge >= 0.3 is 10.2 Å². The lowest BCUT2D eigenvalue weighted by Crippen LogP contribution is -2.37. The van der Waals surface area contributed by atoms with Crippen molar-refractivity contribution in [3.8, 4) is 0 Å². The molecule has 1 aliphatic carbocycles. The predicted molar refractivity (Wildman–Crippen MR) is 101 cm³/mol. The summed E-state index contributed by atoms with van der Waals surface area (Å²) in [6, 6.07) is 10.5. The zero-order chi connectivity index (χ0) is 19.0. The molecule has 8 heteroatoms. The summed E-state index contributed by atoms with van der Waals surface area (Å²) < 4.78 is 56.9. The van der Waals surface area contributed by atoms with E-state index in [1.165, 1.54) is 23.2 Å². The van der Waals surface area contributed by atoms with E-state index in [1.54, 1.807) is 24.3 Å². The summed E-state index contributed by atoms with van der Waals surface area (Å²) in [6.07, 6.45) is 3.90. The average molecular weight is 393 g/mol. The SMILES string of the molecule is O=S1(=O)N(CCCCNC2CC2)c2ccccc2N1c1c(F)cccc1F. The Kier molecular flexibility index (Phi) is 4.77. The van der Waals surface area contributed by atoms with E-state index >= 15 is 0 Å². The Morgan fingerprint density at radius 1 is 0.963 bits per heavy atom. The normalized spacial score (nSPS) is 18.0. The summed E-state index contributed by atoms with van der Waals surface area (Å²) in [5.74, 6) is -1.83. The smallest absolute Gasteiger partial charge is 0.314 e. The number of halogens is 2. The number of hydrogen-bond acceptors (Lipinski definition) is 3. The molecule has 2 aliphatic rings. The molecule has 5 nitrogen and oxygen atoms in total. The van der Waals surface area contributed by atoms with E-state index in [9.17, 15) is 17.2 Å². The highest BCUT2D eigenvalue weighted by Gasteiger charge is 2.43. The highest BCUT2D eigenvalue weighted by atomic mass is 32.2. The number of unbranched alkanes of at least 4 members (excludes halogenated alkanes) is 1. The molecule has 0 saturated heterocycles. The number of fused-ring (bicyclic) bond motifs is 1. The first-order chi connectivity index (χ1) is 13.0. The Bertz CT molecular complexity index is 927. The Labute approximate surface area is 157 Å². The van der Waals surface area contributed by atoms with Crippen LogP contribution in [0.25, 0.3) is 0 Å². The first-order valence-electron chi connectivity index (χ1n) is 9.09. The van der Waals surface area contributed by atoms with Crippen LogP contribution in [0.4, 0.5) is 25.8 Å². The van der Waals surface area contributed by atoms with Crippen molar-refractivity contribution in [1.29, 1.82) is 0 Å². The van der Waals surface area contributed by atoms with Crippen LogP contribution in [0, 0.1) is 11.6 Å². The van der Waals surface area contributed by atoms with Crippen molar-refractivity contribution in [3.63, 3.8) is 0 Å². The Morgan fingerprint density at radius 2 is 1.63 bits per heavy atom. The Hall–Kier alpha value is -2.19. The van der Waals surface area contributed by atoms with Gasteiger partial charge < -0.3 is 5.32 Å². The molecule has 0 bridgehead atoms. The quantitative estimate of drug-likeness (QED) is 0.730. The summed E-state index contributed by atoms with van der Waals surface area (Å²) in [5, 5.41) is 3.39. The Morgan fingerprint density at radius 3 is 2.30 bits per heavy atom. The predicted octanol–water partition coefficient (Wildman–Crippen LogP) is 3.70. The van der Waals surface area contributed by atoms with E-state index in [1.807, 2.05) is 0 Å². The minimum absolute atomic E-state index is 0.262. The van der Waals surface area contributed by atoms with Gasteiger partial charge in [0.2, 0.25) is 0 Å². The van der Waals surface area contributed by atoms with Crippen molar-refractivity contribution in [2.24, 2.45) is 0 Å². The number of rotatable bonds is 7. The molecule has 1 aliphatic heterocycles. The molecular formula is C19H21F2N3O2S. The lowest BCUT2D eigenvalue weighted by Gasteiger charge is -2.22. The number of para-hydroxylation sites is 3. The maximum atomic E-state index is 14.3. The highest BCUT2D eigenvalue weighted by Crippen LogP contribution is 2.46. The molecule has 1 heterocycles. The molecule has 0 atom stereocenters. The molecule has 2 aromatic rings. The lowest BCUT2D eigenvalue weighted by atomic mass is 10.2. The minimum atomic E-state index is -4.11. The third-order valence-electron chi connectivity index (χ3n) is 4.82. The van der Waals surface area contributed by atoms with Crippen LogP contribution in [-0.4, -0.2) is 27.5 Å². The van der Waals surface area contributed by atoms with Crippen molar-refractivity contribution < 1.29 is 17.2 Å². The van der Waals surface area contributed by atoms with Gasteiger partial charge in [-0.1, -0.05) is 18.2 Å². The van der Waals surface area contributed by atoms with Crippen molar-refractivity contribution in [2.45, 2.75) is 31.7 Å². The molecule has 2 aromatic carbocycles. The fourth-order valence-corrected chi connectivity index (χ4v) is 5.09. The molecule has 0 radical (unpaired) electrons. The van der Waals surface area contributed by atoms with Crippen LogP contribution in [0.1, 0.15) is 25.7 Å². The average Bonchev–Trinajstić information content (AvgIpc) is 3.42. The molecule has 0 spiro atoms. The second kappa shape index (κ2) is 7.09. The molecule has 0 amide bonds. The third-order valence-corrected chi connectivity index (χ3v) is 6.59. The summed E-state index contributed by atoms with van der Waals surface area (Å²) >= 11 is 0. The van der Waals surface area contributed by atoms with Crippen LogP contribution < -0.4 is 13.9 Å². The van der Waals surface area contributed by atoms with E-state index in [0.717, 1.165) is 29.4 Å². The maximum absolute atomic E-state index is 14.3. The van der Waals surface area contributed by atoms with Gasteiger partial charge in [-0.25, -0.2) is 13.1 Å². The third kappa shape index (κ3) is 3.39. The van der Waals surface area contributed by atoms with Gasteiger partial charge in [-0.3, -0.25) is 4.31 Å². The van der Waals surface area contributed by atoms with Crippen molar-refractivity contribution in [1.82, 2.24) is 5.32 Å². The van der Waals surface area contributed by atoms with Crippen molar-refractivity contribution in [2.75, 3.05) is 21.7 Å². The largest absolute Gasteiger partial charge is 0.331 e. The molecule has 1 fully saturated rings. The van der Waals surface area contributed by atoms with Crippen LogP contribution in [0.3, 0.4) is 0 Å². The van der Waals surface area contributed by atoms with Crippen LogP contribution >= 0.6 is 0 Å². The van der Waals surface area contributed by atoms with Gasteiger partial charge in [0, 0.05) is 12.6 Å². The Balaban J connectivity index is 1.62. The zero-order valence-corrected chi connectivity index (χ0v) is 15.6. The second-order valence-corrected chi connectivity index (χ2v) is 8.54. The fourth-order valence-electron chi connectivity index (χ4n) is 3.32. The number of hydrogen-bond donors (Lipinski definition) is 1. The van der Waals surface area contributed by atoms with E-state index in [2.05, 4.69) is 5.32 Å². The molecule has 144 valence electrons. The molecular weight excluding hydrogens is 372 g/mol. The maximum Gasteiger partial charge on any atom is 0.331 e. The molecule has 1 N–H and O–H groups in total. The molecule has 0 unspecified atom stereocenters. The van der Waals surface area contributed by atoms with Crippen molar-refractivity contribution >= 4 is 27.3 Å². The second-order valence-electron chi connectivity index (χ2n) is 6.84. The van der Waals surface area contributed by atoms with E-state index in [0.29, 0.717) is 18.2 Å². The van der Waals surface area contributed by atoms with Crippen LogP contribution in [0.5, 0.6) is 0 Å². The van der Waals surface area contributed by atoms with E-state index in [-0.39, 0.29) is 12.2 Å². The van der Waals surface area contributed by atoms with Gasteiger partial charge in [-0.2, -0.15) is 8.42 Å². The van der Waals surface area contributed by atoms with Crippen molar-refractivity contribution in [3.05, 3.63) is 54.1 Å². The summed E-state index contributed by atoms with van der Waals surface area (Å²) in [4.78, 5) is 0. The van der Waals surface area contributed by atoms with Gasteiger partial charge in [0.25, 0.3) is 0 Å². The summed E-state index contributed by atoms with van der Waals surface area (Å²) in [5.41, 5.74) is 0.135. The van der Waals surface area contributed by atoms with Gasteiger partial charge in [0.15, 0.2) is 11.6 Å². The number of nitrogens with one attached hydrogen (secondary N) is 1. The van der Waals surface area contributed by atoms with Crippen LogP contribution in [0.2, 0.25) is 0 Å². The first-order valence-corrected chi connectivity index (χ1v) is 10.5. The molecule has 4 rings (SSSR count). The molecule has 1 saturated carbocycles. The van der Waals surface area contributed by atoms with Gasteiger partial charge in [0.05, 0.1) is 11.4 Å². The van der Waals surface area contributed by atoms with Gasteiger partial charge in [-0.15, -0.1) is 0 Å². The topological polar surface area (TPSA) is 52.7 Å². The van der Waals surface area contributed by atoms with E-state index in [4.69, 9.17) is 0 Å². The van der Waals surface area contributed by atoms with E-state index < -0.39 is 27.5 Å². The van der Waals surface area contributed by atoms with Crippen LogP contribution in [0.15, 0.2) is 42.5 Å². The first kappa shape index (κ1) is 18.2. The monoisotopic (exact) mass is 393 g/mol. The minimum Gasteiger partial charge on any atom is -0.314 e. The number of benzene rings is 2. The molecule has 0 aromatic heterocycles. The van der Waals surface area contributed by atoms with Gasteiger partial charge in [0.1, 0.15) is 5.69 Å². The summed E-state index contributed by atoms with van der Waals surface area (Å²) in [7, 11) is -4.11. The number of nitrogens with zero attached hydrogens (tertiary/aromatic N) is 2. The molecule has 27 heavy (non-hydrogen) atoms. The highest BCUT2D eigenvalue weighted by molar-refractivity contribution is 7.95. The standard InChI is InChI=1S/C19H21F2N3O2S/c20-15-6-5-7-16(21)19(15)24-18-9-2-1-8-17(18)23(27(24,25)26)13-4-3-12-22-14-10-11-14/h1-2,5-9,14,22H,3-4,10-13H2. The zero-order valence-electron chi connectivity index (χ0n) is 14.7. The fraction of sp³-hybridized carbons (Fsp3) is 0.368. The summed E-state index contributed by atoms with van der Waals surface area (Å²) in [6.45, 7) is 1.10. The lowest BCUT2D eigenvalue weighted by molar-refractivity contribution is 0.572.